The van der Waals surface area contributed by atoms with E-state index in [1.165, 1.54) is 7.11 Å². The maximum Gasteiger partial charge on any atom is 0.338 e. The fourth-order valence-corrected chi connectivity index (χ4v) is 2.39. The second-order valence-corrected chi connectivity index (χ2v) is 5.04. The van der Waals surface area contributed by atoms with Crippen LogP contribution in [0.15, 0.2) is 35.3 Å². The molecule has 0 aromatic heterocycles. The molecule has 0 amide bonds. The number of thioether (sulfide) groups is 1. The van der Waals surface area contributed by atoms with Crippen molar-refractivity contribution >= 4 is 33.7 Å². The van der Waals surface area contributed by atoms with Gasteiger partial charge >= 0.3 is 5.97 Å². The Morgan fingerprint density at radius 2 is 2.38 bits per heavy atom. The van der Waals surface area contributed by atoms with Crippen molar-refractivity contribution < 1.29 is 9.53 Å². The molecule has 16 heavy (non-hydrogen) atoms. The molecule has 2 nitrogen and oxygen atoms in total. The van der Waals surface area contributed by atoms with Gasteiger partial charge in [-0.05, 0) is 23.8 Å². The average Bonchev–Trinajstić information content (AvgIpc) is 2.29. The average molecular weight is 301 g/mol. The molecule has 1 rings (SSSR count). The van der Waals surface area contributed by atoms with Crippen molar-refractivity contribution in [3.05, 3.63) is 46.5 Å². The van der Waals surface area contributed by atoms with Crippen LogP contribution in [0.4, 0.5) is 0 Å². The van der Waals surface area contributed by atoms with Gasteiger partial charge in [-0.3, -0.25) is 0 Å². The van der Waals surface area contributed by atoms with Crippen molar-refractivity contribution in [1.82, 2.24) is 0 Å². The van der Waals surface area contributed by atoms with E-state index in [9.17, 15) is 4.79 Å². The number of benzene rings is 1. The fourth-order valence-electron chi connectivity index (χ4n) is 1.24. The highest BCUT2D eigenvalue weighted by Gasteiger charge is 2.11. The van der Waals surface area contributed by atoms with Gasteiger partial charge in [-0.2, -0.15) is 11.8 Å². The van der Waals surface area contributed by atoms with E-state index >= 15 is 0 Å². The van der Waals surface area contributed by atoms with Gasteiger partial charge in [-0.25, -0.2) is 4.79 Å². The first-order valence-corrected chi connectivity index (χ1v) is 6.69. The molecule has 0 heterocycles. The molecule has 0 bridgehead atoms. The lowest BCUT2D eigenvalue weighted by Crippen LogP contribution is -2.05. The first-order chi connectivity index (χ1) is 7.69. The van der Waals surface area contributed by atoms with Crippen molar-refractivity contribution in [2.75, 3.05) is 12.9 Å². The predicted octanol–water partition coefficient (Wildman–Crippen LogP) is 3.65. The Morgan fingerprint density at radius 1 is 1.62 bits per heavy atom. The molecule has 0 saturated carbocycles. The smallest absolute Gasteiger partial charge is 0.338 e. The van der Waals surface area contributed by atoms with Gasteiger partial charge in [0.15, 0.2) is 0 Å². The van der Waals surface area contributed by atoms with Gasteiger partial charge < -0.3 is 4.74 Å². The monoisotopic (exact) mass is 300 g/mol. The third kappa shape index (κ3) is 3.68. The second-order valence-electron chi connectivity index (χ2n) is 3.10. The summed E-state index contributed by atoms with van der Waals surface area (Å²) in [5.41, 5.74) is 1.61. The zero-order valence-corrected chi connectivity index (χ0v) is 11.4. The summed E-state index contributed by atoms with van der Waals surface area (Å²) in [6.07, 6.45) is 1.85. The highest BCUT2D eigenvalue weighted by molar-refractivity contribution is 9.10. The topological polar surface area (TPSA) is 26.3 Å². The van der Waals surface area contributed by atoms with Crippen molar-refractivity contribution in [1.29, 1.82) is 0 Å². The van der Waals surface area contributed by atoms with Crippen LogP contribution in [-0.4, -0.2) is 18.8 Å². The van der Waals surface area contributed by atoms with Crippen molar-refractivity contribution in [3.63, 3.8) is 0 Å². The Labute approximate surface area is 108 Å². The SMILES string of the molecule is C=CCSCc1cc(Br)ccc1C(=O)OC. The number of hydrogen-bond acceptors (Lipinski definition) is 3. The highest BCUT2D eigenvalue weighted by Crippen LogP contribution is 2.22. The summed E-state index contributed by atoms with van der Waals surface area (Å²) in [5, 5.41) is 0. The Hall–Kier alpha value is -0.740. The van der Waals surface area contributed by atoms with Gasteiger partial charge in [0.1, 0.15) is 0 Å². The maximum atomic E-state index is 11.5. The zero-order chi connectivity index (χ0) is 12.0. The lowest BCUT2D eigenvalue weighted by Gasteiger charge is -2.07. The van der Waals surface area contributed by atoms with Gasteiger partial charge in [0.25, 0.3) is 0 Å². The molecule has 0 saturated heterocycles. The fraction of sp³-hybridized carbons (Fsp3) is 0.250. The molecule has 0 radical (unpaired) electrons. The Kier molecular flexibility index (Phi) is 5.63. The van der Waals surface area contributed by atoms with Crippen molar-refractivity contribution in [3.8, 4) is 0 Å². The van der Waals surface area contributed by atoms with E-state index < -0.39 is 0 Å². The van der Waals surface area contributed by atoms with E-state index in [-0.39, 0.29) is 5.97 Å². The molecule has 0 aliphatic rings. The van der Waals surface area contributed by atoms with Crippen LogP contribution >= 0.6 is 27.7 Å². The molecule has 0 aliphatic heterocycles. The summed E-state index contributed by atoms with van der Waals surface area (Å²) in [6.45, 7) is 3.66. The minimum absolute atomic E-state index is 0.290. The first kappa shape index (κ1) is 13.3. The molecule has 1 aromatic carbocycles. The number of ether oxygens (including phenoxy) is 1. The minimum atomic E-state index is -0.290. The number of rotatable bonds is 5. The lowest BCUT2D eigenvalue weighted by atomic mass is 10.1. The van der Waals surface area contributed by atoms with E-state index in [0.717, 1.165) is 21.5 Å². The van der Waals surface area contributed by atoms with Crippen LogP contribution in [0.3, 0.4) is 0 Å². The molecule has 4 heteroatoms. The third-order valence-corrected chi connectivity index (χ3v) is 3.45. The number of esters is 1. The molecule has 0 unspecified atom stereocenters. The van der Waals surface area contributed by atoms with Crippen LogP contribution in [0.2, 0.25) is 0 Å². The minimum Gasteiger partial charge on any atom is -0.465 e. The normalized spacial score (nSPS) is 9.88. The van der Waals surface area contributed by atoms with Crippen molar-refractivity contribution in [2.24, 2.45) is 0 Å². The van der Waals surface area contributed by atoms with Gasteiger partial charge in [-0.15, -0.1) is 6.58 Å². The van der Waals surface area contributed by atoms with Crippen molar-refractivity contribution in [2.45, 2.75) is 5.75 Å². The number of carbonyl (C=O) groups excluding carboxylic acids is 1. The zero-order valence-electron chi connectivity index (χ0n) is 9.03. The summed E-state index contributed by atoms with van der Waals surface area (Å²) in [6, 6.07) is 5.57. The maximum absolute atomic E-state index is 11.5. The van der Waals surface area contributed by atoms with Crippen LogP contribution in [0.25, 0.3) is 0 Å². The largest absolute Gasteiger partial charge is 0.465 e. The number of carbonyl (C=O) groups is 1. The number of halogens is 1. The van der Waals surface area contributed by atoms with Gasteiger partial charge in [0, 0.05) is 16.0 Å². The second kappa shape index (κ2) is 6.76. The van der Waals surface area contributed by atoms with Crippen LogP contribution in [0.1, 0.15) is 15.9 Å². The van der Waals surface area contributed by atoms with E-state index in [1.54, 1.807) is 17.8 Å². The summed E-state index contributed by atoms with van der Waals surface area (Å²) >= 11 is 5.11. The van der Waals surface area contributed by atoms with E-state index in [0.29, 0.717) is 5.56 Å². The van der Waals surface area contributed by atoms with E-state index in [2.05, 4.69) is 22.5 Å². The lowest BCUT2D eigenvalue weighted by molar-refractivity contribution is 0.0600. The molecule has 0 atom stereocenters. The predicted molar refractivity (Wildman–Crippen MR) is 71.8 cm³/mol. The van der Waals surface area contributed by atoms with E-state index in [1.807, 2.05) is 18.2 Å². The highest BCUT2D eigenvalue weighted by atomic mass is 79.9. The van der Waals surface area contributed by atoms with Gasteiger partial charge in [0.05, 0.1) is 12.7 Å². The molecular formula is C12H13BrO2S. The van der Waals surface area contributed by atoms with Crippen LogP contribution in [0.5, 0.6) is 0 Å². The summed E-state index contributed by atoms with van der Waals surface area (Å²) in [7, 11) is 1.39. The van der Waals surface area contributed by atoms with Crippen LogP contribution < -0.4 is 0 Å². The van der Waals surface area contributed by atoms with Gasteiger partial charge in [0.2, 0.25) is 0 Å². The number of methoxy groups -OCH3 is 1. The molecule has 86 valence electrons. The summed E-state index contributed by atoms with van der Waals surface area (Å²) in [5.74, 6) is 1.35. The summed E-state index contributed by atoms with van der Waals surface area (Å²) < 4.78 is 5.71. The number of hydrogen-bond donors (Lipinski definition) is 0. The Morgan fingerprint density at radius 3 is 3.00 bits per heavy atom. The van der Waals surface area contributed by atoms with E-state index in [4.69, 9.17) is 4.74 Å². The molecule has 0 aliphatic carbocycles. The quantitative estimate of drug-likeness (QED) is 0.472. The molecule has 1 aromatic rings. The molecule has 0 spiro atoms. The third-order valence-electron chi connectivity index (χ3n) is 1.97. The Balaban J connectivity index is 2.89. The molecule has 0 fully saturated rings. The standard InChI is InChI=1S/C12H13BrO2S/c1-3-6-16-8-9-7-10(13)4-5-11(9)12(14)15-2/h3-5,7H,1,6,8H2,2H3. The molecule has 0 N–H and O–H groups in total. The van der Waals surface area contributed by atoms with Gasteiger partial charge in [-0.1, -0.05) is 22.0 Å². The molecular weight excluding hydrogens is 288 g/mol. The summed E-state index contributed by atoms with van der Waals surface area (Å²) in [4.78, 5) is 11.5. The first-order valence-electron chi connectivity index (χ1n) is 4.74. The Bertz CT molecular complexity index is 391. The van der Waals surface area contributed by atoms with Crippen LogP contribution in [0, 0.1) is 0 Å². The van der Waals surface area contributed by atoms with Crippen LogP contribution in [-0.2, 0) is 10.5 Å².